The normalized spacial score (nSPS) is 30.9. The van der Waals surface area contributed by atoms with Crippen molar-refractivity contribution in [2.75, 3.05) is 0 Å². The number of carbonyl (C=O) groups is 4. The van der Waals surface area contributed by atoms with Crippen molar-refractivity contribution in [3.8, 4) is 0 Å². The molecule has 2 aromatic rings. The number of aliphatic hydroxyl groups excluding tert-OH is 1. The van der Waals surface area contributed by atoms with E-state index < -0.39 is 76.7 Å². The Bertz CT molecular complexity index is 1700. The van der Waals surface area contributed by atoms with Crippen molar-refractivity contribution in [2.45, 2.75) is 96.9 Å². The van der Waals surface area contributed by atoms with Crippen LogP contribution in [-0.4, -0.2) is 70.2 Å². The summed E-state index contributed by atoms with van der Waals surface area (Å²) in [5, 5.41) is 23.5. The van der Waals surface area contributed by atoms with Gasteiger partial charge in [0, 0.05) is 31.8 Å². The van der Waals surface area contributed by atoms with Crippen LogP contribution in [0.3, 0.4) is 0 Å². The monoisotopic (exact) mass is 686 g/mol. The Balaban J connectivity index is 1.68. The van der Waals surface area contributed by atoms with Gasteiger partial charge in [-0.2, -0.15) is 0 Å². The third-order valence-electron chi connectivity index (χ3n) is 10.9. The summed E-state index contributed by atoms with van der Waals surface area (Å²) >= 11 is 0. The van der Waals surface area contributed by atoms with Crippen molar-refractivity contribution in [3.05, 3.63) is 101 Å². The van der Waals surface area contributed by atoms with Gasteiger partial charge in [0.05, 0.1) is 22.7 Å². The van der Waals surface area contributed by atoms with Crippen molar-refractivity contribution >= 4 is 30.0 Å². The van der Waals surface area contributed by atoms with E-state index in [2.05, 4.69) is 6.58 Å². The summed E-state index contributed by atoms with van der Waals surface area (Å²) in [6.07, 6.45) is -2.51. The van der Waals surface area contributed by atoms with Gasteiger partial charge < -0.3 is 29.2 Å². The number of esters is 4. The van der Waals surface area contributed by atoms with Crippen LogP contribution in [0.1, 0.15) is 76.7 Å². The topological polar surface area (TPSA) is 146 Å². The molecule has 2 aromatic carbocycles. The number of hydrogen-bond donors (Lipinski definition) is 2. The van der Waals surface area contributed by atoms with Crippen molar-refractivity contribution in [1.29, 1.82) is 0 Å². The molecule has 1 unspecified atom stereocenters. The summed E-state index contributed by atoms with van der Waals surface area (Å²) in [6, 6.07) is 17.5. The Kier molecular flexibility index (Phi) is 10.3. The van der Waals surface area contributed by atoms with E-state index >= 15 is 0 Å². The summed E-state index contributed by atoms with van der Waals surface area (Å²) in [5.74, 6) is -3.41. The molecule has 0 radical (unpaired) electrons. The summed E-state index contributed by atoms with van der Waals surface area (Å²) in [5.41, 5.74) is -1.70. The summed E-state index contributed by atoms with van der Waals surface area (Å²) in [4.78, 5) is 52.8. The van der Waals surface area contributed by atoms with Crippen LogP contribution >= 0.6 is 0 Å². The van der Waals surface area contributed by atoms with Gasteiger partial charge in [-0.15, -0.1) is 0 Å². The van der Waals surface area contributed by atoms with Gasteiger partial charge in [-0.25, -0.2) is 9.59 Å². The minimum atomic E-state index is -1.52. The first kappa shape index (κ1) is 36.7. The third-order valence-corrected chi connectivity index (χ3v) is 10.9. The highest BCUT2D eigenvalue weighted by Gasteiger charge is 2.69. The lowest BCUT2D eigenvalue weighted by Gasteiger charge is -2.53. The number of hydrogen-bond acceptors (Lipinski definition) is 10. The Morgan fingerprint density at radius 2 is 1.50 bits per heavy atom. The number of rotatable bonds is 8. The van der Waals surface area contributed by atoms with E-state index in [0.29, 0.717) is 16.7 Å². The van der Waals surface area contributed by atoms with E-state index in [4.69, 9.17) is 18.9 Å². The third kappa shape index (κ3) is 6.79. The summed E-state index contributed by atoms with van der Waals surface area (Å²) in [7, 11) is 0. The van der Waals surface area contributed by atoms with Crippen molar-refractivity contribution in [2.24, 2.45) is 16.7 Å². The molecular formula is C40H46O10. The van der Waals surface area contributed by atoms with Crippen molar-refractivity contribution < 1.29 is 48.3 Å². The fraction of sp³-hybridized carbons (Fsp3) is 0.450. The van der Waals surface area contributed by atoms with Crippen LogP contribution in [0, 0.1) is 16.7 Å². The Morgan fingerprint density at radius 3 is 2.08 bits per heavy atom. The zero-order chi connectivity index (χ0) is 36.6. The first-order chi connectivity index (χ1) is 23.5. The second kappa shape index (κ2) is 14.0. The molecule has 0 heterocycles. The summed E-state index contributed by atoms with van der Waals surface area (Å²) in [6.45, 7) is 13.6. The summed E-state index contributed by atoms with van der Waals surface area (Å²) < 4.78 is 24.4. The lowest BCUT2D eigenvalue weighted by atomic mass is 9.56. The highest BCUT2D eigenvalue weighted by atomic mass is 16.6. The van der Waals surface area contributed by atoms with Crippen LogP contribution in [0.25, 0.3) is 6.08 Å². The quantitative estimate of drug-likeness (QED) is 0.157. The van der Waals surface area contributed by atoms with Crippen LogP contribution in [0.2, 0.25) is 0 Å². The lowest BCUT2D eigenvalue weighted by Crippen LogP contribution is -2.60. The molecule has 10 heteroatoms. The molecule has 8 atom stereocenters. The van der Waals surface area contributed by atoms with E-state index in [1.54, 1.807) is 64.1 Å². The molecule has 0 aliphatic heterocycles. The first-order valence-electron chi connectivity index (χ1n) is 16.8. The van der Waals surface area contributed by atoms with Gasteiger partial charge in [-0.3, -0.25) is 9.59 Å². The highest BCUT2D eigenvalue weighted by Crippen LogP contribution is 2.65. The zero-order valence-corrected chi connectivity index (χ0v) is 29.4. The maximum Gasteiger partial charge on any atom is 0.338 e. The Labute approximate surface area is 292 Å². The molecule has 2 N–H and O–H groups in total. The second-order valence-corrected chi connectivity index (χ2v) is 14.4. The molecule has 266 valence electrons. The average molecular weight is 687 g/mol. The Morgan fingerprint density at radius 1 is 0.900 bits per heavy atom. The van der Waals surface area contributed by atoms with Crippen molar-refractivity contribution in [3.63, 3.8) is 0 Å². The number of carbonyl (C=O) groups excluding carboxylic acids is 4. The minimum absolute atomic E-state index is 0.0242. The van der Waals surface area contributed by atoms with Crippen LogP contribution in [0.15, 0.2) is 90.0 Å². The van der Waals surface area contributed by atoms with Gasteiger partial charge in [-0.1, -0.05) is 62.0 Å². The van der Waals surface area contributed by atoms with E-state index in [9.17, 15) is 29.4 Å². The molecule has 0 amide bonds. The molecule has 0 aromatic heterocycles. The van der Waals surface area contributed by atoms with Crippen LogP contribution in [-0.2, 0) is 33.3 Å². The molecule has 10 nitrogen and oxygen atoms in total. The standard InChI is InChI=1S/C40H46O10/c1-23-29-21-40(38(5,6)46)22-30(43)24(2)34(40)35(50-37(45)28-16-12-9-13-17-28)36(48-26(4)42)39(29,7)32(47-25(3)41)20-31(23)49-33(44)19-18-27-14-10-8-11-15-27/h8-19,29-32,35-36,43,46H,1,20-22H2,2-7H3/t29?,30-,31-,32-,35+,36-,39-,40-/m0/s1. The predicted octanol–water partition coefficient (Wildman–Crippen LogP) is 5.53. The molecule has 3 aliphatic rings. The molecule has 2 fully saturated rings. The van der Waals surface area contributed by atoms with Gasteiger partial charge in [0.15, 0.2) is 12.2 Å². The van der Waals surface area contributed by atoms with Gasteiger partial charge in [0.25, 0.3) is 0 Å². The van der Waals surface area contributed by atoms with Crippen LogP contribution in [0.5, 0.6) is 0 Å². The first-order valence-corrected chi connectivity index (χ1v) is 16.8. The van der Waals surface area contributed by atoms with E-state index in [-0.39, 0.29) is 24.8 Å². The minimum Gasteiger partial charge on any atom is -0.462 e. The number of benzene rings is 2. The molecule has 5 rings (SSSR count). The second-order valence-electron chi connectivity index (χ2n) is 14.4. The van der Waals surface area contributed by atoms with Crippen LogP contribution in [0.4, 0.5) is 0 Å². The molecule has 50 heavy (non-hydrogen) atoms. The number of aliphatic hydroxyl groups is 2. The highest BCUT2D eigenvalue weighted by molar-refractivity contribution is 5.90. The molecule has 0 spiro atoms. The zero-order valence-electron chi connectivity index (χ0n) is 29.4. The van der Waals surface area contributed by atoms with Gasteiger partial charge in [-0.05, 0) is 80.0 Å². The molecule has 0 bridgehead atoms. The fourth-order valence-electron chi connectivity index (χ4n) is 8.33. The number of fused-ring (bicyclic) bond motifs is 2. The SMILES string of the molecule is C=C1C2C[C@]3(C(C)(C)O)C[C@H](O)C(C)=C3[C@@H](OC(=O)c3ccccc3)[C@H](OC(C)=O)[C@]2(C)[C@@H](OC(C)=O)C[C@@H]1OC(=O)C=Cc1ccccc1. The van der Waals surface area contributed by atoms with Gasteiger partial charge in [0.1, 0.15) is 12.2 Å². The molecule has 0 saturated heterocycles. The van der Waals surface area contributed by atoms with E-state index in [1.807, 2.05) is 30.3 Å². The van der Waals surface area contributed by atoms with Crippen molar-refractivity contribution in [1.82, 2.24) is 0 Å². The number of ether oxygens (including phenoxy) is 4. The molecular weight excluding hydrogens is 640 g/mol. The maximum atomic E-state index is 13.8. The maximum absolute atomic E-state index is 13.8. The smallest absolute Gasteiger partial charge is 0.338 e. The largest absolute Gasteiger partial charge is 0.462 e. The predicted molar refractivity (Wildman–Crippen MR) is 184 cm³/mol. The Hall–Kier alpha value is -4.54. The van der Waals surface area contributed by atoms with Gasteiger partial charge in [0.2, 0.25) is 0 Å². The fourth-order valence-corrected chi connectivity index (χ4v) is 8.33. The average Bonchev–Trinajstić information content (AvgIpc) is 3.27. The van der Waals surface area contributed by atoms with E-state index in [1.165, 1.54) is 19.9 Å². The van der Waals surface area contributed by atoms with Gasteiger partial charge >= 0.3 is 23.9 Å². The van der Waals surface area contributed by atoms with Crippen LogP contribution < -0.4 is 0 Å². The molecule has 3 aliphatic carbocycles. The van der Waals surface area contributed by atoms with E-state index in [0.717, 1.165) is 5.56 Å². The lowest BCUT2D eigenvalue weighted by molar-refractivity contribution is -0.197. The molecule has 2 saturated carbocycles.